The van der Waals surface area contributed by atoms with Crippen LogP contribution in [0.2, 0.25) is 0 Å². The van der Waals surface area contributed by atoms with Crippen molar-refractivity contribution in [2.75, 3.05) is 0 Å². The zero-order chi connectivity index (χ0) is 9.54. The van der Waals surface area contributed by atoms with Crippen molar-refractivity contribution in [3.05, 3.63) is 46.7 Å². The van der Waals surface area contributed by atoms with Crippen LogP contribution < -0.4 is 0 Å². The van der Waals surface area contributed by atoms with Gasteiger partial charge in [-0.2, -0.15) is 0 Å². The lowest BCUT2D eigenvalue weighted by molar-refractivity contribution is 0.615. The third-order valence-corrected chi connectivity index (χ3v) is 3.02. The van der Waals surface area contributed by atoms with Crippen molar-refractivity contribution in [3.63, 3.8) is 0 Å². The number of rotatable bonds is 0. The van der Waals surface area contributed by atoms with Gasteiger partial charge in [0.2, 0.25) is 0 Å². The van der Waals surface area contributed by atoms with Crippen LogP contribution in [0.4, 0.5) is 0 Å². The smallest absolute Gasteiger partial charge is 0.134 e. The summed E-state index contributed by atoms with van der Waals surface area (Å²) in [6, 6.07) is 6.17. The number of allylic oxidation sites excluding steroid dienone is 2. The molecule has 0 unspecified atom stereocenters. The fourth-order valence-electron chi connectivity index (χ4n) is 2.01. The molecule has 1 aliphatic carbocycles. The molecule has 0 spiro atoms. The first kappa shape index (κ1) is 8.13. The summed E-state index contributed by atoms with van der Waals surface area (Å²) in [4.78, 5) is 0. The van der Waals surface area contributed by atoms with Gasteiger partial charge in [0.1, 0.15) is 5.58 Å². The largest absolute Gasteiger partial charge is 0.464 e. The van der Waals surface area contributed by atoms with Crippen molar-refractivity contribution >= 4 is 22.6 Å². The molecule has 1 heterocycles. The third-order valence-electron chi connectivity index (χ3n) is 2.73. The Morgan fingerprint density at radius 3 is 3.07 bits per heavy atom. The topological polar surface area (TPSA) is 13.1 Å². The monoisotopic (exact) mass is 204 g/mol. The van der Waals surface area contributed by atoms with Gasteiger partial charge in [-0.1, -0.05) is 23.7 Å². The second-order valence-corrected chi connectivity index (χ2v) is 4.05. The number of benzene rings is 1. The molecule has 0 saturated carbocycles. The van der Waals surface area contributed by atoms with Crippen LogP contribution in [0.3, 0.4) is 0 Å². The number of halogens is 1. The van der Waals surface area contributed by atoms with Crippen molar-refractivity contribution in [3.8, 4) is 0 Å². The molecule has 0 atom stereocenters. The predicted octanol–water partition coefficient (Wildman–Crippen LogP) is 3.65. The Morgan fingerprint density at radius 1 is 1.21 bits per heavy atom. The molecule has 2 aromatic rings. The average molecular weight is 205 g/mol. The molecular weight excluding hydrogens is 196 g/mol. The average Bonchev–Trinajstić information content (AvgIpc) is 2.65. The van der Waals surface area contributed by atoms with Crippen molar-refractivity contribution < 1.29 is 4.42 Å². The lowest BCUT2D eigenvalue weighted by Gasteiger charge is -2.13. The first-order valence-electron chi connectivity index (χ1n) is 4.67. The van der Waals surface area contributed by atoms with Crippen LogP contribution >= 0.6 is 11.6 Å². The Bertz CT molecular complexity index is 522. The van der Waals surface area contributed by atoms with E-state index in [9.17, 15) is 0 Å². The summed E-state index contributed by atoms with van der Waals surface area (Å²) in [6.07, 6.45) is 5.59. The normalized spacial score (nSPS) is 15.4. The SMILES string of the molecule is ClC1=CCc2ccc3occc3c2C1. The number of furan rings is 1. The minimum Gasteiger partial charge on any atom is -0.464 e. The quantitative estimate of drug-likeness (QED) is 0.639. The number of hydrogen-bond donors (Lipinski definition) is 0. The molecule has 0 radical (unpaired) electrons. The van der Waals surface area contributed by atoms with E-state index in [-0.39, 0.29) is 0 Å². The summed E-state index contributed by atoms with van der Waals surface area (Å²) in [6.45, 7) is 0. The summed E-state index contributed by atoms with van der Waals surface area (Å²) in [5.41, 5.74) is 3.64. The Morgan fingerprint density at radius 2 is 2.14 bits per heavy atom. The van der Waals surface area contributed by atoms with E-state index in [1.165, 1.54) is 16.5 Å². The van der Waals surface area contributed by atoms with Gasteiger partial charge in [0, 0.05) is 16.8 Å². The van der Waals surface area contributed by atoms with E-state index in [1.54, 1.807) is 6.26 Å². The van der Waals surface area contributed by atoms with Crippen LogP contribution in [0.5, 0.6) is 0 Å². The van der Waals surface area contributed by atoms with Crippen molar-refractivity contribution in [1.29, 1.82) is 0 Å². The maximum Gasteiger partial charge on any atom is 0.134 e. The molecule has 0 bridgehead atoms. The Balaban J connectivity index is 2.30. The first-order chi connectivity index (χ1) is 6.84. The van der Waals surface area contributed by atoms with Gasteiger partial charge in [0.05, 0.1) is 6.26 Å². The Hall–Kier alpha value is -1.21. The van der Waals surface area contributed by atoms with E-state index in [2.05, 4.69) is 12.1 Å². The summed E-state index contributed by atoms with van der Waals surface area (Å²) >= 11 is 6.04. The standard InChI is InChI=1S/C12H9ClO/c13-9-3-1-8-2-4-12-10(5-6-14-12)11(8)7-9/h2-6H,1,7H2. The fourth-order valence-corrected chi connectivity index (χ4v) is 2.22. The van der Waals surface area contributed by atoms with Gasteiger partial charge in [-0.15, -0.1) is 0 Å². The van der Waals surface area contributed by atoms with E-state index in [1.807, 2.05) is 12.1 Å². The van der Waals surface area contributed by atoms with Crippen molar-refractivity contribution in [2.45, 2.75) is 12.8 Å². The lowest BCUT2D eigenvalue weighted by atomic mass is 9.94. The second-order valence-electron chi connectivity index (χ2n) is 3.57. The molecule has 1 aromatic heterocycles. The van der Waals surface area contributed by atoms with E-state index in [4.69, 9.17) is 16.0 Å². The summed E-state index contributed by atoms with van der Waals surface area (Å²) in [7, 11) is 0. The van der Waals surface area contributed by atoms with Crippen molar-refractivity contribution in [1.82, 2.24) is 0 Å². The molecule has 0 amide bonds. The van der Waals surface area contributed by atoms with Crippen LogP contribution in [0.25, 0.3) is 11.0 Å². The predicted molar refractivity (Wildman–Crippen MR) is 57.6 cm³/mol. The van der Waals surface area contributed by atoms with E-state index in [0.29, 0.717) is 0 Å². The molecule has 1 nitrogen and oxygen atoms in total. The summed E-state index contributed by atoms with van der Waals surface area (Å²) in [5.74, 6) is 0. The molecular formula is C12H9ClO. The molecule has 0 N–H and O–H groups in total. The molecule has 3 rings (SSSR count). The molecule has 14 heavy (non-hydrogen) atoms. The molecule has 1 aliphatic rings. The lowest BCUT2D eigenvalue weighted by Crippen LogP contribution is -2.00. The highest BCUT2D eigenvalue weighted by Gasteiger charge is 2.13. The van der Waals surface area contributed by atoms with Gasteiger partial charge in [-0.05, 0) is 29.7 Å². The van der Waals surface area contributed by atoms with Crippen LogP contribution in [0.15, 0.2) is 40.0 Å². The molecule has 1 aromatic carbocycles. The van der Waals surface area contributed by atoms with Gasteiger partial charge in [0.15, 0.2) is 0 Å². The minimum atomic E-state index is 0.841. The highest BCUT2D eigenvalue weighted by atomic mass is 35.5. The van der Waals surface area contributed by atoms with Crippen molar-refractivity contribution in [2.24, 2.45) is 0 Å². The van der Waals surface area contributed by atoms with Gasteiger partial charge in [-0.3, -0.25) is 0 Å². The van der Waals surface area contributed by atoms with Gasteiger partial charge in [-0.25, -0.2) is 0 Å². The zero-order valence-electron chi connectivity index (χ0n) is 7.59. The molecule has 0 fully saturated rings. The Labute approximate surface area is 87.0 Å². The van der Waals surface area contributed by atoms with Crippen LogP contribution in [0, 0.1) is 0 Å². The molecule has 0 aliphatic heterocycles. The summed E-state index contributed by atoms with van der Waals surface area (Å²) in [5, 5.41) is 2.14. The van der Waals surface area contributed by atoms with Crippen LogP contribution in [-0.2, 0) is 12.8 Å². The van der Waals surface area contributed by atoms with E-state index >= 15 is 0 Å². The maximum atomic E-state index is 6.04. The third kappa shape index (κ3) is 1.09. The number of hydrogen-bond acceptors (Lipinski definition) is 1. The zero-order valence-corrected chi connectivity index (χ0v) is 8.34. The van der Waals surface area contributed by atoms with Gasteiger partial charge < -0.3 is 4.42 Å². The molecule has 2 heteroatoms. The van der Waals surface area contributed by atoms with E-state index < -0.39 is 0 Å². The molecule has 70 valence electrons. The van der Waals surface area contributed by atoms with Gasteiger partial charge in [0.25, 0.3) is 0 Å². The maximum absolute atomic E-state index is 6.04. The highest BCUT2D eigenvalue weighted by molar-refractivity contribution is 6.30. The van der Waals surface area contributed by atoms with Crippen LogP contribution in [0.1, 0.15) is 11.1 Å². The minimum absolute atomic E-state index is 0.841. The van der Waals surface area contributed by atoms with Crippen LogP contribution in [-0.4, -0.2) is 0 Å². The van der Waals surface area contributed by atoms with Gasteiger partial charge >= 0.3 is 0 Å². The second kappa shape index (κ2) is 2.89. The fraction of sp³-hybridized carbons (Fsp3) is 0.167. The Kier molecular flexibility index (Phi) is 1.68. The number of fused-ring (bicyclic) bond motifs is 3. The first-order valence-corrected chi connectivity index (χ1v) is 5.05. The van der Waals surface area contributed by atoms with E-state index in [0.717, 1.165) is 23.5 Å². The molecule has 0 saturated heterocycles. The summed E-state index contributed by atoms with van der Waals surface area (Å²) < 4.78 is 5.36. The highest BCUT2D eigenvalue weighted by Crippen LogP contribution is 2.30.